The summed E-state index contributed by atoms with van der Waals surface area (Å²) in [6, 6.07) is 13.2. The molecule has 0 atom stereocenters. The van der Waals surface area contributed by atoms with Crippen LogP contribution >= 0.6 is 0 Å². The standard InChI is InChI=1S/C21H19F2NO4/c1-2-26-19-9-4-3-8-17(19)18(25)11-10-15-13-27-20(24-15)14-6-5-7-16(12-14)28-21(22)23/h3-9,12-13,21H,2,10-11H2,1H3. The average Bonchev–Trinajstić information content (AvgIpc) is 3.16. The lowest BCUT2D eigenvalue weighted by atomic mass is 10.0. The Morgan fingerprint density at radius 2 is 2.00 bits per heavy atom. The van der Waals surface area contributed by atoms with Crippen molar-refractivity contribution in [2.24, 2.45) is 0 Å². The molecule has 3 rings (SSSR count). The Labute approximate surface area is 160 Å². The monoisotopic (exact) mass is 387 g/mol. The number of oxazole rings is 1. The van der Waals surface area contributed by atoms with Crippen molar-refractivity contribution in [2.75, 3.05) is 6.61 Å². The van der Waals surface area contributed by atoms with Gasteiger partial charge in [0.05, 0.1) is 17.9 Å². The van der Waals surface area contributed by atoms with Crippen LogP contribution in [0.3, 0.4) is 0 Å². The quantitative estimate of drug-likeness (QED) is 0.475. The van der Waals surface area contributed by atoms with Crippen LogP contribution in [-0.4, -0.2) is 24.0 Å². The Morgan fingerprint density at radius 3 is 2.79 bits per heavy atom. The summed E-state index contributed by atoms with van der Waals surface area (Å²) in [5, 5.41) is 0. The molecule has 0 saturated heterocycles. The first-order chi connectivity index (χ1) is 13.6. The Balaban J connectivity index is 1.66. The van der Waals surface area contributed by atoms with E-state index in [1.165, 1.54) is 18.4 Å². The van der Waals surface area contributed by atoms with E-state index in [1.54, 1.807) is 30.3 Å². The fourth-order valence-corrected chi connectivity index (χ4v) is 2.71. The smallest absolute Gasteiger partial charge is 0.387 e. The van der Waals surface area contributed by atoms with E-state index in [-0.39, 0.29) is 23.8 Å². The van der Waals surface area contributed by atoms with Gasteiger partial charge in [0.25, 0.3) is 0 Å². The Morgan fingerprint density at radius 1 is 1.18 bits per heavy atom. The second kappa shape index (κ2) is 9.12. The van der Waals surface area contributed by atoms with Gasteiger partial charge in [0.15, 0.2) is 5.78 Å². The second-order valence-electron chi connectivity index (χ2n) is 5.90. The number of carbonyl (C=O) groups excluding carboxylic acids is 1. The van der Waals surface area contributed by atoms with Crippen LogP contribution in [-0.2, 0) is 6.42 Å². The zero-order valence-corrected chi connectivity index (χ0v) is 15.2. The summed E-state index contributed by atoms with van der Waals surface area (Å²) >= 11 is 0. The molecule has 0 N–H and O–H groups in total. The Kier molecular flexibility index (Phi) is 6.37. The van der Waals surface area contributed by atoms with E-state index in [0.29, 0.717) is 35.6 Å². The number of hydrogen-bond donors (Lipinski definition) is 0. The average molecular weight is 387 g/mol. The fourth-order valence-electron chi connectivity index (χ4n) is 2.71. The number of benzene rings is 2. The minimum absolute atomic E-state index is 0.0231. The molecule has 0 aliphatic rings. The number of hydrogen-bond acceptors (Lipinski definition) is 5. The highest BCUT2D eigenvalue weighted by Gasteiger charge is 2.14. The number of ether oxygens (including phenoxy) is 2. The van der Waals surface area contributed by atoms with Gasteiger partial charge in [0.2, 0.25) is 5.89 Å². The number of para-hydroxylation sites is 1. The molecule has 0 fully saturated rings. The van der Waals surface area contributed by atoms with Crippen molar-refractivity contribution in [2.45, 2.75) is 26.4 Å². The maximum Gasteiger partial charge on any atom is 0.387 e. The van der Waals surface area contributed by atoms with Crippen molar-refractivity contribution in [3.05, 3.63) is 66.1 Å². The number of halogens is 2. The molecular weight excluding hydrogens is 368 g/mol. The lowest BCUT2D eigenvalue weighted by molar-refractivity contribution is -0.0498. The topological polar surface area (TPSA) is 61.6 Å². The normalized spacial score (nSPS) is 10.9. The molecule has 146 valence electrons. The van der Waals surface area contributed by atoms with Crippen LogP contribution in [0.5, 0.6) is 11.5 Å². The number of aromatic nitrogens is 1. The number of alkyl halides is 2. The van der Waals surface area contributed by atoms with Crippen molar-refractivity contribution in [3.63, 3.8) is 0 Å². The summed E-state index contributed by atoms with van der Waals surface area (Å²) in [4.78, 5) is 16.8. The zero-order chi connectivity index (χ0) is 19.9. The summed E-state index contributed by atoms with van der Waals surface area (Å²) in [5.74, 6) is 0.805. The first-order valence-corrected chi connectivity index (χ1v) is 8.81. The molecule has 0 spiro atoms. The minimum Gasteiger partial charge on any atom is -0.493 e. The molecule has 0 saturated carbocycles. The van der Waals surface area contributed by atoms with Crippen molar-refractivity contribution in [3.8, 4) is 23.0 Å². The molecule has 1 aromatic heterocycles. The number of rotatable bonds is 9. The molecule has 0 aliphatic heterocycles. The lowest BCUT2D eigenvalue weighted by Gasteiger charge is -2.08. The molecule has 0 aliphatic carbocycles. The van der Waals surface area contributed by atoms with E-state index in [1.807, 2.05) is 13.0 Å². The van der Waals surface area contributed by atoms with Crippen molar-refractivity contribution < 1.29 is 27.5 Å². The maximum atomic E-state index is 12.5. The maximum absolute atomic E-state index is 12.5. The fraction of sp³-hybridized carbons (Fsp3) is 0.238. The predicted molar refractivity (Wildman–Crippen MR) is 98.8 cm³/mol. The SMILES string of the molecule is CCOc1ccccc1C(=O)CCc1coc(-c2cccc(OC(F)F)c2)n1. The van der Waals surface area contributed by atoms with E-state index in [2.05, 4.69) is 9.72 Å². The number of aryl methyl sites for hydroxylation is 1. The second-order valence-corrected chi connectivity index (χ2v) is 5.90. The zero-order valence-electron chi connectivity index (χ0n) is 15.2. The van der Waals surface area contributed by atoms with Gasteiger partial charge in [0, 0.05) is 18.4 Å². The molecule has 0 bridgehead atoms. The third-order valence-corrected chi connectivity index (χ3v) is 3.95. The Hall–Kier alpha value is -3.22. The summed E-state index contributed by atoms with van der Waals surface area (Å²) in [7, 11) is 0. The van der Waals surface area contributed by atoms with Crippen LogP contribution in [0.4, 0.5) is 8.78 Å². The molecule has 0 radical (unpaired) electrons. The van der Waals surface area contributed by atoms with Crippen molar-refractivity contribution in [1.82, 2.24) is 4.98 Å². The Bertz CT molecular complexity index is 939. The summed E-state index contributed by atoms with van der Waals surface area (Å²) < 4.78 is 40.0. The van der Waals surface area contributed by atoms with Gasteiger partial charge in [-0.05, 0) is 37.3 Å². The number of nitrogens with zero attached hydrogens (tertiary/aromatic N) is 1. The van der Waals surface area contributed by atoms with Gasteiger partial charge in [0.1, 0.15) is 17.8 Å². The van der Waals surface area contributed by atoms with Crippen LogP contribution < -0.4 is 9.47 Å². The molecule has 3 aromatic rings. The molecule has 5 nitrogen and oxygen atoms in total. The van der Waals surface area contributed by atoms with E-state index in [9.17, 15) is 13.6 Å². The minimum atomic E-state index is -2.90. The molecule has 28 heavy (non-hydrogen) atoms. The largest absolute Gasteiger partial charge is 0.493 e. The number of ketones is 1. The molecular formula is C21H19F2NO4. The van der Waals surface area contributed by atoms with Gasteiger partial charge in [-0.25, -0.2) is 4.98 Å². The lowest BCUT2D eigenvalue weighted by Crippen LogP contribution is -2.05. The van der Waals surface area contributed by atoms with E-state index in [0.717, 1.165) is 0 Å². The summed E-state index contributed by atoms with van der Waals surface area (Å²) in [6.07, 6.45) is 2.08. The van der Waals surface area contributed by atoms with E-state index >= 15 is 0 Å². The molecule has 1 heterocycles. The highest BCUT2D eigenvalue weighted by atomic mass is 19.3. The van der Waals surface area contributed by atoms with Crippen LogP contribution in [0.25, 0.3) is 11.5 Å². The highest BCUT2D eigenvalue weighted by Crippen LogP contribution is 2.25. The summed E-state index contributed by atoms with van der Waals surface area (Å²) in [5.41, 5.74) is 1.64. The molecule has 2 aromatic carbocycles. The van der Waals surface area contributed by atoms with Gasteiger partial charge in [-0.3, -0.25) is 4.79 Å². The van der Waals surface area contributed by atoms with Crippen molar-refractivity contribution >= 4 is 5.78 Å². The molecule has 7 heteroatoms. The predicted octanol–water partition coefficient (Wildman–Crippen LogP) is 5.16. The first-order valence-electron chi connectivity index (χ1n) is 8.81. The first kappa shape index (κ1) is 19.5. The van der Waals surface area contributed by atoms with Gasteiger partial charge in [-0.15, -0.1) is 0 Å². The third kappa shape index (κ3) is 4.94. The summed E-state index contributed by atoms with van der Waals surface area (Å²) in [6.45, 7) is -0.564. The molecule has 0 unspecified atom stereocenters. The highest BCUT2D eigenvalue weighted by molar-refractivity contribution is 5.98. The third-order valence-electron chi connectivity index (χ3n) is 3.95. The van der Waals surface area contributed by atoms with E-state index < -0.39 is 6.61 Å². The van der Waals surface area contributed by atoms with Crippen LogP contribution in [0.2, 0.25) is 0 Å². The van der Waals surface area contributed by atoms with Crippen molar-refractivity contribution in [1.29, 1.82) is 0 Å². The molecule has 0 amide bonds. The van der Waals surface area contributed by atoms with E-state index in [4.69, 9.17) is 9.15 Å². The van der Waals surface area contributed by atoms with Gasteiger partial charge in [-0.2, -0.15) is 8.78 Å². The van der Waals surface area contributed by atoms with Crippen LogP contribution in [0.15, 0.2) is 59.2 Å². The van der Waals surface area contributed by atoms with Crippen LogP contribution in [0, 0.1) is 0 Å². The van der Waals surface area contributed by atoms with Gasteiger partial charge < -0.3 is 13.9 Å². The van der Waals surface area contributed by atoms with Crippen LogP contribution in [0.1, 0.15) is 29.4 Å². The van der Waals surface area contributed by atoms with Gasteiger partial charge >= 0.3 is 6.61 Å². The van der Waals surface area contributed by atoms with Gasteiger partial charge in [-0.1, -0.05) is 18.2 Å². The number of carbonyl (C=O) groups is 1. The number of Topliss-reactive ketones (excluding diaryl/α,β-unsaturated/α-hetero) is 1.